The van der Waals surface area contributed by atoms with E-state index in [1.54, 1.807) is 6.07 Å². The van der Waals surface area contributed by atoms with Gasteiger partial charge >= 0.3 is 6.03 Å². The van der Waals surface area contributed by atoms with Gasteiger partial charge in [-0.05, 0) is 31.2 Å². The Kier molecular flexibility index (Phi) is 5.31. The molecule has 0 unspecified atom stereocenters. The predicted molar refractivity (Wildman–Crippen MR) is 80.1 cm³/mol. The molecular formula is C15H19N3O3. The molecule has 2 amide bonds. The molecule has 21 heavy (non-hydrogen) atoms. The number of rotatable bonds is 5. The van der Waals surface area contributed by atoms with Gasteiger partial charge in [0.25, 0.3) is 5.69 Å². The molecule has 0 heterocycles. The summed E-state index contributed by atoms with van der Waals surface area (Å²) in [6, 6.07) is 6.49. The highest BCUT2D eigenvalue weighted by molar-refractivity contribution is 5.74. The van der Waals surface area contributed by atoms with Crippen LogP contribution >= 0.6 is 0 Å². The minimum atomic E-state index is -0.416. The predicted octanol–water partition coefficient (Wildman–Crippen LogP) is 2.55. The van der Waals surface area contributed by atoms with Crippen molar-refractivity contribution in [1.82, 2.24) is 10.6 Å². The van der Waals surface area contributed by atoms with Crippen LogP contribution in [0.1, 0.15) is 24.8 Å². The van der Waals surface area contributed by atoms with Crippen molar-refractivity contribution in [1.29, 1.82) is 0 Å². The van der Waals surface area contributed by atoms with E-state index in [9.17, 15) is 14.9 Å². The Hall–Kier alpha value is -2.37. The number of non-ortho nitro benzene ring substituents is 1. The molecule has 1 aliphatic rings. The smallest absolute Gasteiger partial charge is 0.315 e. The number of carbonyl (C=O) groups excluding carboxylic acids is 1. The SMILES string of the molecule is O=C(NCCc1cccc([N+](=O)[O-])c1)N[C@H]1CC=CCC1. The third-order valence-corrected chi connectivity index (χ3v) is 3.42. The fourth-order valence-electron chi connectivity index (χ4n) is 2.31. The first-order chi connectivity index (χ1) is 10.1. The standard InChI is InChI=1S/C15H19N3O3/c19-15(17-13-6-2-1-3-7-13)16-10-9-12-5-4-8-14(11-12)18(20)21/h1-2,4-5,8,11,13H,3,6-7,9-10H2,(H2,16,17,19)/t13-/m0/s1. The maximum atomic E-state index is 11.7. The number of nitrogens with zero attached hydrogens (tertiary/aromatic N) is 1. The zero-order valence-electron chi connectivity index (χ0n) is 11.7. The average molecular weight is 289 g/mol. The minimum Gasteiger partial charge on any atom is -0.338 e. The highest BCUT2D eigenvalue weighted by atomic mass is 16.6. The van der Waals surface area contributed by atoms with Crippen molar-refractivity contribution in [3.63, 3.8) is 0 Å². The van der Waals surface area contributed by atoms with Gasteiger partial charge in [-0.3, -0.25) is 10.1 Å². The van der Waals surface area contributed by atoms with E-state index in [1.807, 2.05) is 6.07 Å². The van der Waals surface area contributed by atoms with Crippen molar-refractivity contribution in [3.05, 3.63) is 52.1 Å². The Morgan fingerprint density at radius 2 is 2.24 bits per heavy atom. The number of allylic oxidation sites excluding steroid dienone is 1. The van der Waals surface area contributed by atoms with Crippen LogP contribution in [0.25, 0.3) is 0 Å². The number of nitro groups is 1. The third kappa shape index (κ3) is 4.91. The van der Waals surface area contributed by atoms with Crippen LogP contribution in [0.5, 0.6) is 0 Å². The van der Waals surface area contributed by atoms with Gasteiger partial charge in [0.2, 0.25) is 0 Å². The number of hydrogen-bond acceptors (Lipinski definition) is 3. The molecule has 2 rings (SSSR count). The van der Waals surface area contributed by atoms with E-state index >= 15 is 0 Å². The van der Waals surface area contributed by atoms with Crippen LogP contribution < -0.4 is 10.6 Å². The minimum absolute atomic E-state index is 0.0749. The second-order valence-corrected chi connectivity index (χ2v) is 5.06. The number of urea groups is 1. The summed E-state index contributed by atoms with van der Waals surface area (Å²) in [5, 5.41) is 16.4. The van der Waals surface area contributed by atoms with Crippen LogP contribution in [0.4, 0.5) is 10.5 Å². The van der Waals surface area contributed by atoms with Gasteiger partial charge in [0, 0.05) is 24.7 Å². The Morgan fingerprint density at radius 3 is 2.95 bits per heavy atom. The Morgan fingerprint density at radius 1 is 1.38 bits per heavy atom. The maximum Gasteiger partial charge on any atom is 0.315 e. The van der Waals surface area contributed by atoms with E-state index in [0.717, 1.165) is 24.8 Å². The Balaban J connectivity index is 1.73. The van der Waals surface area contributed by atoms with Crippen LogP contribution in [0.3, 0.4) is 0 Å². The van der Waals surface area contributed by atoms with Gasteiger partial charge in [0.15, 0.2) is 0 Å². The lowest BCUT2D eigenvalue weighted by molar-refractivity contribution is -0.384. The van der Waals surface area contributed by atoms with Gasteiger partial charge in [-0.1, -0.05) is 24.3 Å². The van der Waals surface area contributed by atoms with Gasteiger partial charge < -0.3 is 10.6 Å². The van der Waals surface area contributed by atoms with E-state index in [4.69, 9.17) is 0 Å². The number of carbonyl (C=O) groups is 1. The topological polar surface area (TPSA) is 84.3 Å². The molecule has 0 aromatic heterocycles. The number of benzene rings is 1. The summed E-state index contributed by atoms with van der Waals surface area (Å²) >= 11 is 0. The highest BCUT2D eigenvalue weighted by Gasteiger charge is 2.12. The normalized spacial score (nSPS) is 17.2. The van der Waals surface area contributed by atoms with Crippen molar-refractivity contribution in [2.75, 3.05) is 6.54 Å². The monoisotopic (exact) mass is 289 g/mol. The molecule has 0 radical (unpaired) electrons. The molecule has 1 aliphatic carbocycles. The highest BCUT2D eigenvalue weighted by Crippen LogP contribution is 2.13. The molecule has 2 N–H and O–H groups in total. The van der Waals surface area contributed by atoms with Gasteiger partial charge in [-0.25, -0.2) is 4.79 Å². The summed E-state index contributed by atoms with van der Waals surface area (Å²) < 4.78 is 0. The molecule has 6 heteroatoms. The molecule has 6 nitrogen and oxygen atoms in total. The number of nitro benzene ring substituents is 1. The summed E-state index contributed by atoms with van der Waals surface area (Å²) in [6.45, 7) is 0.454. The lowest BCUT2D eigenvalue weighted by atomic mass is 10.0. The van der Waals surface area contributed by atoms with Crippen molar-refractivity contribution < 1.29 is 9.72 Å². The summed E-state index contributed by atoms with van der Waals surface area (Å²) in [7, 11) is 0. The third-order valence-electron chi connectivity index (χ3n) is 3.42. The van der Waals surface area contributed by atoms with Gasteiger partial charge in [0.05, 0.1) is 4.92 Å². The second-order valence-electron chi connectivity index (χ2n) is 5.06. The molecule has 1 aromatic rings. The van der Waals surface area contributed by atoms with Crippen molar-refractivity contribution in [3.8, 4) is 0 Å². The average Bonchev–Trinajstić information content (AvgIpc) is 2.48. The van der Waals surface area contributed by atoms with E-state index < -0.39 is 4.92 Å². The fraction of sp³-hybridized carbons (Fsp3) is 0.400. The van der Waals surface area contributed by atoms with Crippen LogP contribution in [0.15, 0.2) is 36.4 Å². The maximum absolute atomic E-state index is 11.7. The van der Waals surface area contributed by atoms with Gasteiger partial charge in [0.1, 0.15) is 0 Å². The first kappa shape index (κ1) is 15.0. The molecule has 0 aliphatic heterocycles. The first-order valence-corrected chi connectivity index (χ1v) is 7.08. The number of nitrogens with one attached hydrogen (secondary N) is 2. The van der Waals surface area contributed by atoms with Crippen molar-refractivity contribution >= 4 is 11.7 Å². The van der Waals surface area contributed by atoms with Crippen LogP contribution in [-0.2, 0) is 6.42 Å². The largest absolute Gasteiger partial charge is 0.338 e. The second kappa shape index (κ2) is 7.42. The Labute approximate surface area is 123 Å². The summed E-state index contributed by atoms with van der Waals surface area (Å²) in [5.41, 5.74) is 0.913. The zero-order chi connectivity index (χ0) is 15.1. The van der Waals surface area contributed by atoms with Crippen molar-refractivity contribution in [2.24, 2.45) is 0 Å². The van der Waals surface area contributed by atoms with Crippen LogP contribution in [0.2, 0.25) is 0 Å². The van der Waals surface area contributed by atoms with E-state index in [1.165, 1.54) is 12.1 Å². The lowest BCUT2D eigenvalue weighted by Crippen LogP contribution is -2.43. The van der Waals surface area contributed by atoms with E-state index in [2.05, 4.69) is 22.8 Å². The Bertz CT molecular complexity index is 543. The van der Waals surface area contributed by atoms with E-state index in [0.29, 0.717) is 13.0 Å². The molecule has 0 saturated heterocycles. The summed E-state index contributed by atoms with van der Waals surface area (Å²) in [5.74, 6) is 0. The molecular weight excluding hydrogens is 270 g/mol. The molecule has 1 aromatic carbocycles. The molecule has 0 saturated carbocycles. The molecule has 1 atom stereocenters. The molecule has 0 fully saturated rings. The molecule has 0 bridgehead atoms. The van der Waals surface area contributed by atoms with Crippen molar-refractivity contribution in [2.45, 2.75) is 31.7 Å². The van der Waals surface area contributed by atoms with Crippen LogP contribution in [0, 0.1) is 10.1 Å². The summed E-state index contributed by atoms with van der Waals surface area (Å²) in [4.78, 5) is 22.0. The summed E-state index contributed by atoms with van der Waals surface area (Å²) in [6.07, 6.45) is 7.61. The fourth-order valence-corrected chi connectivity index (χ4v) is 2.31. The van der Waals surface area contributed by atoms with E-state index in [-0.39, 0.29) is 17.8 Å². The number of hydrogen-bond donors (Lipinski definition) is 2. The zero-order valence-corrected chi connectivity index (χ0v) is 11.7. The molecule has 112 valence electrons. The molecule has 0 spiro atoms. The number of amides is 2. The quantitative estimate of drug-likeness (QED) is 0.496. The first-order valence-electron chi connectivity index (χ1n) is 7.08. The van der Waals surface area contributed by atoms with Crippen LogP contribution in [-0.4, -0.2) is 23.5 Å². The van der Waals surface area contributed by atoms with Gasteiger partial charge in [-0.2, -0.15) is 0 Å². The lowest BCUT2D eigenvalue weighted by Gasteiger charge is -2.19. The van der Waals surface area contributed by atoms with Gasteiger partial charge in [-0.15, -0.1) is 0 Å².